The van der Waals surface area contributed by atoms with Crippen molar-refractivity contribution in [3.8, 4) is 0 Å². The van der Waals surface area contributed by atoms with E-state index in [0.29, 0.717) is 5.78 Å². The van der Waals surface area contributed by atoms with Gasteiger partial charge in [0.1, 0.15) is 0 Å². The van der Waals surface area contributed by atoms with Crippen LogP contribution in [0.25, 0.3) is 0 Å². The topological polar surface area (TPSA) is 17.1 Å². The van der Waals surface area contributed by atoms with Gasteiger partial charge in [-0.2, -0.15) is 0 Å². The van der Waals surface area contributed by atoms with Gasteiger partial charge in [0.15, 0.2) is 5.78 Å². The van der Waals surface area contributed by atoms with E-state index in [1.54, 1.807) is 0 Å². The Morgan fingerprint density at radius 2 is 1.53 bits per heavy atom. The van der Waals surface area contributed by atoms with E-state index in [0.717, 1.165) is 29.5 Å². The number of carbonyl (C=O) groups is 1. The molecule has 0 bridgehead atoms. The van der Waals surface area contributed by atoms with Crippen LogP contribution in [0.5, 0.6) is 0 Å². The van der Waals surface area contributed by atoms with Crippen LogP contribution in [0.3, 0.4) is 0 Å². The molecule has 1 aromatic rings. The van der Waals surface area contributed by atoms with Gasteiger partial charge < -0.3 is 0 Å². The number of rotatable bonds is 2. The average Bonchev–Trinajstić information content (AvgIpc) is 2.79. The van der Waals surface area contributed by atoms with Gasteiger partial charge in [-0.3, -0.25) is 4.79 Å². The Hall–Kier alpha value is -1.11. The molecular weight excluding hydrogens is 232 g/mol. The number of carbonyl (C=O) groups excluding carboxylic acids is 1. The van der Waals surface area contributed by atoms with Gasteiger partial charge in [0.2, 0.25) is 0 Å². The molecule has 0 heterocycles. The van der Waals surface area contributed by atoms with Crippen LogP contribution in [-0.2, 0) is 5.41 Å². The Bertz CT molecular complexity index is 462. The predicted octanol–water partition coefficient (Wildman–Crippen LogP) is 4.97. The first-order valence-electron chi connectivity index (χ1n) is 7.46. The standard InChI is InChI=1S/C18H26O/c1-12-10-15(18(3,4)5)11-13(2)16(12)17(19)14-8-6-7-9-14/h10-11,14H,6-9H2,1-5H3. The maximum absolute atomic E-state index is 12.6. The summed E-state index contributed by atoms with van der Waals surface area (Å²) in [4.78, 5) is 12.6. The Morgan fingerprint density at radius 1 is 1.05 bits per heavy atom. The van der Waals surface area contributed by atoms with E-state index in [9.17, 15) is 4.79 Å². The van der Waals surface area contributed by atoms with Crippen LogP contribution >= 0.6 is 0 Å². The molecule has 0 atom stereocenters. The minimum absolute atomic E-state index is 0.143. The van der Waals surface area contributed by atoms with E-state index in [-0.39, 0.29) is 11.3 Å². The monoisotopic (exact) mass is 258 g/mol. The molecule has 1 saturated carbocycles. The molecule has 1 aliphatic carbocycles. The fourth-order valence-corrected chi connectivity index (χ4v) is 3.18. The third-order valence-corrected chi connectivity index (χ3v) is 4.37. The van der Waals surface area contributed by atoms with E-state index in [4.69, 9.17) is 0 Å². The number of hydrogen-bond donors (Lipinski definition) is 0. The van der Waals surface area contributed by atoms with Gasteiger partial charge in [-0.15, -0.1) is 0 Å². The lowest BCUT2D eigenvalue weighted by Gasteiger charge is -2.22. The lowest BCUT2D eigenvalue weighted by Crippen LogP contribution is -2.17. The maximum Gasteiger partial charge on any atom is 0.166 e. The highest BCUT2D eigenvalue weighted by atomic mass is 16.1. The van der Waals surface area contributed by atoms with E-state index in [2.05, 4.69) is 46.8 Å². The van der Waals surface area contributed by atoms with E-state index < -0.39 is 0 Å². The number of hydrogen-bond acceptors (Lipinski definition) is 1. The van der Waals surface area contributed by atoms with Crippen LogP contribution < -0.4 is 0 Å². The molecule has 1 aliphatic rings. The van der Waals surface area contributed by atoms with Crippen LogP contribution in [0.1, 0.15) is 73.5 Å². The molecule has 0 radical (unpaired) electrons. The Balaban J connectivity index is 2.39. The molecule has 0 saturated heterocycles. The summed E-state index contributed by atoms with van der Waals surface area (Å²) in [5.74, 6) is 0.658. The molecular formula is C18H26O. The second-order valence-corrected chi connectivity index (χ2v) is 7.08. The third-order valence-electron chi connectivity index (χ3n) is 4.37. The SMILES string of the molecule is Cc1cc(C(C)(C)C)cc(C)c1C(=O)C1CCCC1. The second kappa shape index (κ2) is 5.11. The van der Waals surface area contributed by atoms with Crippen molar-refractivity contribution in [1.82, 2.24) is 0 Å². The Morgan fingerprint density at radius 3 is 1.95 bits per heavy atom. The van der Waals surface area contributed by atoms with Crippen molar-refractivity contribution in [2.24, 2.45) is 5.92 Å². The maximum atomic E-state index is 12.6. The Kier molecular flexibility index (Phi) is 3.85. The smallest absolute Gasteiger partial charge is 0.166 e. The number of ketones is 1. The van der Waals surface area contributed by atoms with Gasteiger partial charge in [-0.25, -0.2) is 0 Å². The van der Waals surface area contributed by atoms with Gasteiger partial charge in [0.05, 0.1) is 0 Å². The van der Waals surface area contributed by atoms with Crippen LogP contribution in [0.4, 0.5) is 0 Å². The summed E-state index contributed by atoms with van der Waals surface area (Å²) >= 11 is 0. The van der Waals surface area contributed by atoms with Gasteiger partial charge in [-0.05, 0) is 48.8 Å². The zero-order chi connectivity index (χ0) is 14.2. The first-order chi connectivity index (χ1) is 8.80. The summed E-state index contributed by atoms with van der Waals surface area (Å²) in [6, 6.07) is 4.41. The molecule has 0 N–H and O–H groups in total. The molecule has 104 valence electrons. The first kappa shape index (κ1) is 14.3. The van der Waals surface area contributed by atoms with Crippen molar-refractivity contribution in [3.63, 3.8) is 0 Å². The molecule has 0 aromatic heterocycles. The minimum Gasteiger partial charge on any atom is -0.294 e. The molecule has 0 spiro atoms. The summed E-state index contributed by atoms with van der Waals surface area (Å²) in [6.07, 6.45) is 4.60. The van der Waals surface area contributed by atoms with Gasteiger partial charge in [-0.1, -0.05) is 45.7 Å². The third kappa shape index (κ3) is 2.91. The molecule has 1 fully saturated rings. The minimum atomic E-state index is 0.143. The van der Waals surface area contributed by atoms with Gasteiger partial charge in [0.25, 0.3) is 0 Å². The molecule has 19 heavy (non-hydrogen) atoms. The molecule has 1 nitrogen and oxygen atoms in total. The average molecular weight is 258 g/mol. The molecule has 1 heteroatoms. The highest BCUT2D eigenvalue weighted by molar-refractivity contribution is 6.00. The van der Waals surface area contributed by atoms with Crippen molar-refractivity contribution in [1.29, 1.82) is 0 Å². The molecule has 0 unspecified atom stereocenters. The lowest BCUT2D eigenvalue weighted by atomic mass is 9.82. The highest BCUT2D eigenvalue weighted by Crippen LogP contribution is 2.32. The van der Waals surface area contributed by atoms with Crippen LogP contribution in [0, 0.1) is 19.8 Å². The fourth-order valence-electron chi connectivity index (χ4n) is 3.18. The Labute approximate surface area is 117 Å². The number of benzene rings is 1. The van der Waals surface area contributed by atoms with Crippen molar-refractivity contribution >= 4 is 5.78 Å². The largest absolute Gasteiger partial charge is 0.294 e. The summed E-state index contributed by atoms with van der Waals surface area (Å²) in [7, 11) is 0. The van der Waals surface area contributed by atoms with Gasteiger partial charge in [0, 0.05) is 11.5 Å². The van der Waals surface area contributed by atoms with Crippen molar-refractivity contribution in [2.75, 3.05) is 0 Å². The quantitative estimate of drug-likeness (QED) is 0.684. The normalized spacial score (nSPS) is 16.9. The molecule has 2 rings (SSSR count). The van der Waals surface area contributed by atoms with Crippen molar-refractivity contribution < 1.29 is 4.79 Å². The number of Topliss-reactive ketones (excluding diaryl/α,β-unsaturated/α-hetero) is 1. The van der Waals surface area contributed by atoms with E-state index in [1.165, 1.54) is 18.4 Å². The van der Waals surface area contributed by atoms with Crippen molar-refractivity contribution in [2.45, 2.75) is 65.7 Å². The lowest BCUT2D eigenvalue weighted by molar-refractivity contribution is 0.0921. The first-order valence-corrected chi connectivity index (χ1v) is 7.46. The summed E-state index contributed by atoms with van der Waals surface area (Å²) in [5, 5.41) is 0. The zero-order valence-corrected chi connectivity index (χ0v) is 13.0. The molecule has 1 aromatic carbocycles. The van der Waals surface area contributed by atoms with Crippen LogP contribution in [0.15, 0.2) is 12.1 Å². The highest BCUT2D eigenvalue weighted by Gasteiger charge is 2.27. The fraction of sp³-hybridized carbons (Fsp3) is 0.611. The predicted molar refractivity (Wildman–Crippen MR) is 80.9 cm³/mol. The summed E-state index contributed by atoms with van der Waals surface area (Å²) < 4.78 is 0. The summed E-state index contributed by atoms with van der Waals surface area (Å²) in [5.41, 5.74) is 4.76. The number of aryl methyl sites for hydroxylation is 2. The van der Waals surface area contributed by atoms with E-state index in [1.807, 2.05) is 0 Å². The zero-order valence-electron chi connectivity index (χ0n) is 13.0. The van der Waals surface area contributed by atoms with Gasteiger partial charge >= 0.3 is 0 Å². The van der Waals surface area contributed by atoms with Crippen LogP contribution in [0.2, 0.25) is 0 Å². The summed E-state index contributed by atoms with van der Waals surface area (Å²) in [6.45, 7) is 10.8. The van der Waals surface area contributed by atoms with E-state index >= 15 is 0 Å². The van der Waals surface area contributed by atoms with Crippen LogP contribution in [-0.4, -0.2) is 5.78 Å². The second-order valence-electron chi connectivity index (χ2n) is 7.08. The van der Waals surface area contributed by atoms with Crippen molar-refractivity contribution in [3.05, 3.63) is 34.4 Å². The molecule has 0 amide bonds. The molecule has 0 aliphatic heterocycles.